The Morgan fingerprint density at radius 3 is 2.68 bits per heavy atom. The van der Waals surface area contributed by atoms with Gasteiger partial charge in [-0.1, -0.05) is 49.0 Å². The lowest BCUT2D eigenvalue weighted by Crippen LogP contribution is -2.42. The van der Waals surface area contributed by atoms with Crippen LogP contribution in [0.3, 0.4) is 0 Å². The van der Waals surface area contributed by atoms with Gasteiger partial charge < -0.3 is 20.7 Å². The molecule has 0 spiro atoms. The third kappa shape index (κ3) is 6.96. The highest BCUT2D eigenvalue weighted by atomic mass is 32.2. The maximum Gasteiger partial charge on any atom is 0.407 e. The van der Waals surface area contributed by atoms with E-state index < -0.39 is 0 Å². The molecule has 1 saturated heterocycles. The van der Waals surface area contributed by atoms with E-state index in [1.165, 1.54) is 0 Å². The van der Waals surface area contributed by atoms with Crippen molar-refractivity contribution in [1.29, 1.82) is 0 Å². The van der Waals surface area contributed by atoms with Gasteiger partial charge in [0.05, 0.1) is 6.17 Å². The first kappa shape index (κ1) is 19.6. The Bertz CT molecular complexity index is 557. The van der Waals surface area contributed by atoms with Crippen molar-refractivity contribution in [1.82, 2.24) is 10.2 Å². The molecule has 1 amide bonds. The average Bonchev–Trinajstić information content (AvgIpc) is 2.61. The van der Waals surface area contributed by atoms with Crippen LogP contribution < -0.4 is 11.1 Å². The van der Waals surface area contributed by atoms with E-state index in [4.69, 9.17) is 10.5 Å². The molecule has 1 heterocycles. The summed E-state index contributed by atoms with van der Waals surface area (Å²) in [6, 6.07) is 9.81. The first-order chi connectivity index (χ1) is 12.1. The number of amidine groups is 1. The van der Waals surface area contributed by atoms with E-state index in [1.54, 1.807) is 11.8 Å². The predicted molar refractivity (Wildman–Crippen MR) is 104 cm³/mol. The van der Waals surface area contributed by atoms with Crippen molar-refractivity contribution in [2.24, 2.45) is 10.7 Å². The highest BCUT2D eigenvalue weighted by molar-refractivity contribution is 8.13. The van der Waals surface area contributed by atoms with Crippen LogP contribution in [0.25, 0.3) is 0 Å². The Kier molecular flexibility index (Phi) is 8.08. The van der Waals surface area contributed by atoms with Gasteiger partial charge in [0.25, 0.3) is 0 Å². The number of nitrogens with one attached hydrogen (secondary N) is 1. The van der Waals surface area contributed by atoms with E-state index in [0.29, 0.717) is 6.54 Å². The Hall–Kier alpha value is -1.73. The van der Waals surface area contributed by atoms with Gasteiger partial charge in [0.1, 0.15) is 6.10 Å². The predicted octanol–water partition coefficient (Wildman–Crippen LogP) is 2.79. The summed E-state index contributed by atoms with van der Waals surface area (Å²) in [6.07, 6.45) is 1.01. The van der Waals surface area contributed by atoms with Crippen LogP contribution in [-0.2, 0) is 11.3 Å². The van der Waals surface area contributed by atoms with Gasteiger partial charge in [-0.3, -0.25) is 0 Å². The quantitative estimate of drug-likeness (QED) is 0.620. The van der Waals surface area contributed by atoms with Gasteiger partial charge in [-0.25, -0.2) is 9.79 Å². The number of nitrogens with two attached hydrogens (primary N) is 1. The van der Waals surface area contributed by atoms with E-state index in [0.717, 1.165) is 42.4 Å². The first-order valence-electron chi connectivity index (χ1n) is 8.78. The number of benzene rings is 1. The van der Waals surface area contributed by atoms with Crippen molar-refractivity contribution in [2.45, 2.75) is 45.5 Å². The number of rotatable bonds is 5. The molecular formula is C18H28N4O2S. The number of ether oxygens (including phenoxy) is 1. The van der Waals surface area contributed by atoms with E-state index in [9.17, 15) is 4.79 Å². The largest absolute Gasteiger partial charge is 0.446 e. The SMILES string of the molecule is CCS/C(=N\C(C)N)N1CCC(OC(=O)NCc2ccccc2)CC1. The molecule has 0 saturated carbocycles. The van der Waals surface area contributed by atoms with Crippen molar-refractivity contribution < 1.29 is 9.53 Å². The summed E-state index contributed by atoms with van der Waals surface area (Å²) in [4.78, 5) is 18.7. The third-order valence-electron chi connectivity index (χ3n) is 3.85. The number of nitrogens with zero attached hydrogens (tertiary/aromatic N) is 2. The molecule has 0 radical (unpaired) electrons. The Morgan fingerprint density at radius 2 is 2.08 bits per heavy atom. The first-order valence-corrected chi connectivity index (χ1v) is 9.76. The van der Waals surface area contributed by atoms with Crippen LogP contribution in [0, 0.1) is 0 Å². The van der Waals surface area contributed by atoms with E-state index in [1.807, 2.05) is 37.3 Å². The zero-order valence-electron chi connectivity index (χ0n) is 15.0. The molecule has 138 valence electrons. The fourth-order valence-electron chi connectivity index (χ4n) is 2.64. The number of hydrogen-bond donors (Lipinski definition) is 2. The van der Waals surface area contributed by atoms with Crippen molar-refractivity contribution in [3.8, 4) is 0 Å². The third-order valence-corrected chi connectivity index (χ3v) is 4.76. The lowest BCUT2D eigenvalue weighted by Gasteiger charge is -2.33. The number of aliphatic imine (C=N–C) groups is 1. The topological polar surface area (TPSA) is 79.9 Å². The minimum absolute atomic E-state index is 0.0461. The van der Waals surface area contributed by atoms with Crippen LogP contribution in [0.15, 0.2) is 35.3 Å². The fraction of sp³-hybridized carbons (Fsp3) is 0.556. The van der Waals surface area contributed by atoms with Crippen LogP contribution in [0.1, 0.15) is 32.3 Å². The molecule has 1 fully saturated rings. The van der Waals surface area contributed by atoms with E-state index in [2.05, 4.69) is 22.1 Å². The zero-order valence-corrected chi connectivity index (χ0v) is 15.8. The van der Waals surface area contributed by atoms with Crippen LogP contribution in [0.4, 0.5) is 4.79 Å². The lowest BCUT2D eigenvalue weighted by molar-refractivity contribution is 0.0653. The summed E-state index contributed by atoms with van der Waals surface area (Å²) >= 11 is 1.71. The van der Waals surface area contributed by atoms with Gasteiger partial charge in [-0.05, 0) is 18.2 Å². The second-order valence-corrected chi connectivity index (χ2v) is 7.25. The van der Waals surface area contributed by atoms with Gasteiger partial charge in [0.15, 0.2) is 5.17 Å². The smallest absolute Gasteiger partial charge is 0.407 e. The number of hydrogen-bond acceptors (Lipinski definition) is 5. The molecular weight excluding hydrogens is 336 g/mol. The Balaban J connectivity index is 1.75. The van der Waals surface area contributed by atoms with E-state index >= 15 is 0 Å². The molecule has 0 bridgehead atoms. The molecule has 1 aromatic carbocycles. The van der Waals surface area contributed by atoms with Gasteiger partial charge in [0.2, 0.25) is 0 Å². The van der Waals surface area contributed by atoms with Crippen LogP contribution >= 0.6 is 11.8 Å². The highest BCUT2D eigenvalue weighted by Gasteiger charge is 2.24. The lowest BCUT2D eigenvalue weighted by atomic mass is 10.1. The Morgan fingerprint density at radius 1 is 1.40 bits per heavy atom. The summed E-state index contributed by atoms with van der Waals surface area (Å²) in [5.41, 5.74) is 6.86. The molecule has 0 aliphatic carbocycles. The number of carbonyl (C=O) groups excluding carboxylic acids is 1. The molecule has 1 atom stereocenters. The number of piperidine rings is 1. The number of carbonyl (C=O) groups is 1. The summed E-state index contributed by atoms with van der Waals surface area (Å²) in [6.45, 7) is 6.12. The number of thioether (sulfide) groups is 1. The van der Waals surface area contributed by atoms with Crippen LogP contribution in [-0.4, -0.2) is 47.3 Å². The van der Waals surface area contributed by atoms with Gasteiger partial charge in [0, 0.05) is 32.5 Å². The molecule has 0 aromatic heterocycles. The molecule has 6 nitrogen and oxygen atoms in total. The monoisotopic (exact) mass is 364 g/mol. The number of alkyl carbamates (subject to hydrolysis) is 1. The van der Waals surface area contributed by atoms with Crippen molar-refractivity contribution in [3.63, 3.8) is 0 Å². The summed E-state index contributed by atoms with van der Waals surface area (Å²) in [5.74, 6) is 0.962. The molecule has 1 unspecified atom stereocenters. The molecule has 1 aromatic rings. The maximum absolute atomic E-state index is 12.0. The summed E-state index contributed by atoms with van der Waals surface area (Å²) in [5, 5.41) is 3.80. The second kappa shape index (κ2) is 10.3. The van der Waals surface area contributed by atoms with Crippen molar-refractivity contribution in [3.05, 3.63) is 35.9 Å². The molecule has 25 heavy (non-hydrogen) atoms. The minimum atomic E-state index is -0.352. The summed E-state index contributed by atoms with van der Waals surface area (Å²) in [7, 11) is 0. The fourth-order valence-corrected chi connectivity index (χ4v) is 3.51. The number of amides is 1. The van der Waals surface area contributed by atoms with Crippen molar-refractivity contribution in [2.75, 3.05) is 18.8 Å². The average molecular weight is 365 g/mol. The minimum Gasteiger partial charge on any atom is -0.446 e. The van der Waals surface area contributed by atoms with E-state index in [-0.39, 0.29) is 18.4 Å². The maximum atomic E-state index is 12.0. The van der Waals surface area contributed by atoms with Crippen LogP contribution in [0.2, 0.25) is 0 Å². The number of likely N-dealkylation sites (tertiary alicyclic amines) is 1. The van der Waals surface area contributed by atoms with Crippen molar-refractivity contribution >= 4 is 23.0 Å². The van der Waals surface area contributed by atoms with Crippen LogP contribution in [0.5, 0.6) is 0 Å². The Labute approximate surface area is 154 Å². The summed E-state index contributed by atoms with van der Waals surface area (Å²) < 4.78 is 5.53. The van der Waals surface area contributed by atoms with Gasteiger partial charge >= 0.3 is 6.09 Å². The zero-order chi connectivity index (χ0) is 18.1. The molecule has 1 aliphatic rings. The normalized spacial score (nSPS) is 17.2. The highest BCUT2D eigenvalue weighted by Crippen LogP contribution is 2.19. The molecule has 1 aliphatic heterocycles. The standard InChI is InChI=1S/C18H28N4O2S/c1-3-25-17(21-14(2)19)22-11-9-16(10-12-22)24-18(23)20-13-15-7-5-4-6-8-15/h4-8,14,16H,3,9-13,19H2,1-2H3,(H,20,23)/b21-17-. The molecule has 3 N–H and O–H groups in total. The molecule has 7 heteroatoms. The molecule has 2 rings (SSSR count). The van der Waals surface area contributed by atoms with Gasteiger partial charge in [-0.2, -0.15) is 0 Å². The second-order valence-electron chi connectivity index (χ2n) is 6.02. The van der Waals surface area contributed by atoms with Gasteiger partial charge in [-0.15, -0.1) is 0 Å².